The molecule has 0 spiro atoms. The van der Waals surface area contributed by atoms with E-state index in [-0.39, 0.29) is 12.4 Å². The Labute approximate surface area is 61.3 Å². The van der Waals surface area contributed by atoms with Crippen molar-refractivity contribution in [2.45, 2.75) is 32.7 Å². The molecule has 0 saturated carbocycles. The summed E-state index contributed by atoms with van der Waals surface area (Å²) in [7, 11) is 1.57. The minimum absolute atomic E-state index is 0.0487. The Bertz CT molecular complexity index is 92.9. The SMILES string of the molecule is COC(C)OC(C)CC=O. The van der Waals surface area contributed by atoms with E-state index in [0.29, 0.717) is 6.42 Å². The number of methoxy groups -OCH3 is 1. The lowest BCUT2D eigenvalue weighted by molar-refractivity contribution is -0.143. The lowest BCUT2D eigenvalue weighted by Gasteiger charge is -2.15. The second-order valence-electron chi connectivity index (χ2n) is 2.15. The summed E-state index contributed by atoms with van der Waals surface area (Å²) in [5.74, 6) is 0. The van der Waals surface area contributed by atoms with Crippen molar-refractivity contribution in [1.29, 1.82) is 0 Å². The number of carbonyl (C=O) groups excluding carboxylic acids is 1. The highest BCUT2D eigenvalue weighted by molar-refractivity contribution is 5.49. The Kier molecular flexibility index (Phi) is 5.16. The number of ether oxygens (including phenoxy) is 2. The molecule has 0 aromatic heterocycles. The number of carbonyl (C=O) groups is 1. The van der Waals surface area contributed by atoms with Gasteiger partial charge in [-0.25, -0.2) is 0 Å². The Morgan fingerprint density at radius 3 is 2.50 bits per heavy atom. The minimum atomic E-state index is -0.227. The molecule has 0 radical (unpaired) electrons. The van der Waals surface area contributed by atoms with Gasteiger partial charge in [-0.1, -0.05) is 0 Å². The topological polar surface area (TPSA) is 35.5 Å². The van der Waals surface area contributed by atoms with Crippen LogP contribution in [0, 0.1) is 0 Å². The molecule has 3 nitrogen and oxygen atoms in total. The third kappa shape index (κ3) is 4.47. The van der Waals surface area contributed by atoms with Gasteiger partial charge in [-0.15, -0.1) is 0 Å². The van der Waals surface area contributed by atoms with Gasteiger partial charge in [-0.05, 0) is 13.8 Å². The van der Waals surface area contributed by atoms with Crippen LogP contribution in [0.4, 0.5) is 0 Å². The smallest absolute Gasteiger partial charge is 0.154 e. The van der Waals surface area contributed by atoms with Gasteiger partial charge in [0.15, 0.2) is 6.29 Å². The average molecular weight is 146 g/mol. The Balaban J connectivity index is 3.35. The van der Waals surface area contributed by atoms with E-state index in [1.807, 2.05) is 6.92 Å². The third-order valence-electron chi connectivity index (χ3n) is 1.18. The molecule has 2 unspecified atom stereocenters. The molecule has 0 aliphatic heterocycles. The van der Waals surface area contributed by atoms with E-state index in [0.717, 1.165) is 6.29 Å². The van der Waals surface area contributed by atoms with Crippen LogP contribution in [0.1, 0.15) is 20.3 Å². The highest BCUT2D eigenvalue weighted by Gasteiger charge is 2.05. The van der Waals surface area contributed by atoms with Crippen LogP contribution in [0.25, 0.3) is 0 Å². The standard InChI is InChI=1S/C7H14O3/c1-6(4-5-8)10-7(2)9-3/h5-7H,4H2,1-3H3. The molecular formula is C7H14O3. The van der Waals surface area contributed by atoms with Gasteiger partial charge < -0.3 is 14.3 Å². The molecule has 0 saturated heterocycles. The summed E-state index contributed by atoms with van der Waals surface area (Å²) >= 11 is 0. The summed E-state index contributed by atoms with van der Waals surface area (Å²) in [5.41, 5.74) is 0. The van der Waals surface area contributed by atoms with Crippen LogP contribution in [0.5, 0.6) is 0 Å². The molecule has 0 heterocycles. The second-order valence-corrected chi connectivity index (χ2v) is 2.15. The van der Waals surface area contributed by atoms with Crippen LogP contribution in [0.15, 0.2) is 0 Å². The van der Waals surface area contributed by atoms with Gasteiger partial charge in [0.1, 0.15) is 6.29 Å². The molecule has 0 aliphatic rings. The van der Waals surface area contributed by atoms with Gasteiger partial charge in [0, 0.05) is 13.5 Å². The van der Waals surface area contributed by atoms with Crippen LogP contribution in [-0.2, 0) is 14.3 Å². The summed E-state index contributed by atoms with van der Waals surface area (Å²) in [6, 6.07) is 0. The van der Waals surface area contributed by atoms with Gasteiger partial charge in [0.05, 0.1) is 6.10 Å². The van der Waals surface area contributed by atoms with E-state index in [1.54, 1.807) is 14.0 Å². The average Bonchev–Trinajstić information content (AvgIpc) is 1.88. The van der Waals surface area contributed by atoms with Crippen molar-refractivity contribution in [3.05, 3.63) is 0 Å². The summed E-state index contributed by atoms with van der Waals surface area (Å²) in [6.07, 6.45) is 0.989. The molecule has 2 atom stereocenters. The monoisotopic (exact) mass is 146 g/mol. The van der Waals surface area contributed by atoms with Gasteiger partial charge in [-0.3, -0.25) is 0 Å². The van der Waals surface area contributed by atoms with Gasteiger partial charge >= 0.3 is 0 Å². The highest BCUT2D eigenvalue weighted by Crippen LogP contribution is 2.00. The molecule has 0 rings (SSSR count). The third-order valence-corrected chi connectivity index (χ3v) is 1.18. The van der Waals surface area contributed by atoms with E-state index in [2.05, 4.69) is 0 Å². The van der Waals surface area contributed by atoms with E-state index in [4.69, 9.17) is 9.47 Å². The number of hydrogen-bond donors (Lipinski definition) is 0. The summed E-state index contributed by atoms with van der Waals surface area (Å²) in [4.78, 5) is 9.96. The van der Waals surface area contributed by atoms with E-state index < -0.39 is 0 Å². The molecule has 0 fully saturated rings. The quantitative estimate of drug-likeness (QED) is 0.428. The fourth-order valence-corrected chi connectivity index (χ4v) is 0.574. The zero-order valence-electron chi connectivity index (χ0n) is 6.66. The maximum atomic E-state index is 9.96. The van der Waals surface area contributed by atoms with Crippen LogP contribution < -0.4 is 0 Å². The molecule has 0 aliphatic carbocycles. The first-order chi connectivity index (χ1) is 4.70. The first-order valence-electron chi connectivity index (χ1n) is 3.32. The van der Waals surface area contributed by atoms with Crippen molar-refractivity contribution < 1.29 is 14.3 Å². The molecule has 0 aromatic rings. The summed E-state index contributed by atoms with van der Waals surface area (Å²) in [6.45, 7) is 3.63. The first kappa shape index (κ1) is 9.59. The van der Waals surface area contributed by atoms with Crippen molar-refractivity contribution in [1.82, 2.24) is 0 Å². The first-order valence-corrected chi connectivity index (χ1v) is 3.32. The van der Waals surface area contributed by atoms with Crippen molar-refractivity contribution in [3.8, 4) is 0 Å². The largest absolute Gasteiger partial charge is 0.356 e. The number of rotatable bonds is 5. The predicted octanol–water partition coefficient (Wildman–Crippen LogP) is 0.973. The lowest BCUT2D eigenvalue weighted by atomic mass is 10.3. The van der Waals surface area contributed by atoms with Crippen molar-refractivity contribution in [2.24, 2.45) is 0 Å². The predicted molar refractivity (Wildman–Crippen MR) is 37.7 cm³/mol. The van der Waals surface area contributed by atoms with Gasteiger partial charge in [0.25, 0.3) is 0 Å². The van der Waals surface area contributed by atoms with E-state index in [9.17, 15) is 4.79 Å². The molecular weight excluding hydrogens is 132 g/mol. The molecule has 10 heavy (non-hydrogen) atoms. The van der Waals surface area contributed by atoms with Crippen molar-refractivity contribution in [2.75, 3.05) is 7.11 Å². The van der Waals surface area contributed by atoms with Gasteiger partial charge in [-0.2, -0.15) is 0 Å². The second kappa shape index (κ2) is 5.38. The van der Waals surface area contributed by atoms with Crippen LogP contribution in [0.2, 0.25) is 0 Å². The lowest BCUT2D eigenvalue weighted by Crippen LogP contribution is -2.18. The fraction of sp³-hybridized carbons (Fsp3) is 0.857. The van der Waals surface area contributed by atoms with Crippen molar-refractivity contribution >= 4 is 6.29 Å². The molecule has 3 heteroatoms. The normalized spacial score (nSPS) is 16.3. The Hall–Kier alpha value is -0.410. The molecule has 0 aromatic carbocycles. The molecule has 0 bridgehead atoms. The minimum Gasteiger partial charge on any atom is -0.356 e. The fourth-order valence-electron chi connectivity index (χ4n) is 0.574. The van der Waals surface area contributed by atoms with E-state index >= 15 is 0 Å². The summed E-state index contributed by atoms with van der Waals surface area (Å²) < 4.78 is 10.0. The van der Waals surface area contributed by atoms with Crippen LogP contribution in [0.3, 0.4) is 0 Å². The maximum absolute atomic E-state index is 9.96. The zero-order chi connectivity index (χ0) is 7.98. The Morgan fingerprint density at radius 1 is 1.50 bits per heavy atom. The van der Waals surface area contributed by atoms with Crippen LogP contribution >= 0.6 is 0 Å². The highest BCUT2D eigenvalue weighted by atomic mass is 16.7. The summed E-state index contributed by atoms with van der Waals surface area (Å²) in [5, 5.41) is 0. The Morgan fingerprint density at radius 2 is 2.10 bits per heavy atom. The van der Waals surface area contributed by atoms with Crippen molar-refractivity contribution in [3.63, 3.8) is 0 Å². The molecule has 0 N–H and O–H groups in total. The number of hydrogen-bond acceptors (Lipinski definition) is 3. The molecule has 0 amide bonds. The number of aldehydes is 1. The van der Waals surface area contributed by atoms with Gasteiger partial charge in [0.2, 0.25) is 0 Å². The maximum Gasteiger partial charge on any atom is 0.154 e. The van der Waals surface area contributed by atoms with Crippen LogP contribution in [-0.4, -0.2) is 25.8 Å². The van der Waals surface area contributed by atoms with E-state index in [1.165, 1.54) is 0 Å². The zero-order valence-corrected chi connectivity index (χ0v) is 6.66. The molecule has 60 valence electrons.